The lowest BCUT2D eigenvalue weighted by molar-refractivity contribution is 0.435. The number of benzene rings is 1. The Kier molecular flexibility index (Phi) is 2.29. The van der Waals surface area contributed by atoms with Crippen molar-refractivity contribution >= 4 is 26.2 Å². The Morgan fingerprint density at radius 1 is 1.50 bits per heavy atom. The Bertz CT molecular complexity index is 471. The zero-order chi connectivity index (χ0) is 10.3. The van der Waals surface area contributed by atoms with Crippen LogP contribution >= 0.6 is 15.9 Å². The van der Waals surface area contributed by atoms with Gasteiger partial charge in [0.1, 0.15) is 0 Å². The summed E-state index contributed by atoms with van der Waals surface area (Å²) in [7, 11) is -3.65. The van der Waals surface area contributed by atoms with Gasteiger partial charge in [0.2, 0.25) is 0 Å². The van der Waals surface area contributed by atoms with E-state index in [2.05, 4.69) is 20.7 Å². The summed E-state index contributed by atoms with van der Waals surface area (Å²) >= 11 is 3.24. The average Bonchev–Trinajstić information content (AvgIpc) is 2.05. The molecule has 0 fully saturated rings. The Hall–Kier alpha value is -0.590. The van der Waals surface area contributed by atoms with Gasteiger partial charge < -0.3 is 4.18 Å². The van der Waals surface area contributed by atoms with Crippen LogP contribution in [-0.4, -0.2) is 8.42 Å². The van der Waals surface area contributed by atoms with E-state index in [1.807, 2.05) is 12.1 Å². The fraction of sp³-hybridized carbons (Fsp3) is 0.250. The van der Waals surface area contributed by atoms with Crippen LogP contribution in [0.3, 0.4) is 0 Å². The SMILES string of the molecule is CC1NS(=O)(=O)Oc2c(Br)cccc21. The molecule has 0 amide bonds. The maximum absolute atomic E-state index is 11.2. The van der Waals surface area contributed by atoms with Crippen LogP contribution in [0.25, 0.3) is 0 Å². The van der Waals surface area contributed by atoms with Crippen molar-refractivity contribution < 1.29 is 12.6 Å². The van der Waals surface area contributed by atoms with Crippen molar-refractivity contribution in [3.63, 3.8) is 0 Å². The van der Waals surface area contributed by atoms with Gasteiger partial charge in [-0.05, 0) is 28.9 Å². The van der Waals surface area contributed by atoms with Crippen LogP contribution in [0.5, 0.6) is 5.75 Å². The van der Waals surface area contributed by atoms with E-state index in [4.69, 9.17) is 4.18 Å². The van der Waals surface area contributed by atoms with Crippen LogP contribution in [0.4, 0.5) is 0 Å². The first-order valence-electron chi connectivity index (χ1n) is 4.00. The number of para-hydroxylation sites is 1. The molecule has 1 aromatic carbocycles. The zero-order valence-electron chi connectivity index (χ0n) is 7.32. The molecule has 0 bridgehead atoms. The summed E-state index contributed by atoms with van der Waals surface area (Å²) in [6.07, 6.45) is 0. The molecule has 2 rings (SSSR count). The molecule has 0 saturated heterocycles. The normalized spacial score (nSPS) is 23.7. The van der Waals surface area contributed by atoms with Crippen molar-refractivity contribution in [2.45, 2.75) is 13.0 Å². The Balaban J connectivity index is 2.62. The van der Waals surface area contributed by atoms with Gasteiger partial charge in [-0.3, -0.25) is 0 Å². The summed E-state index contributed by atoms with van der Waals surface area (Å²) in [6.45, 7) is 1.77. The third-order valence-electron chi connectivity index (χ3n) is 1.98. The van der Waals surface area contributed by atoms with Crippen LogP contribution in [-0.2, 0) is 10.3 Å². The van der Waals surface area contributed by atoms with Gasteiger partial charge in [0.05, 0.1) is 10.5 Å². The molecule has 1 aromatic rings. The van der Waals surface area contributed by atoms with E-state index in [0.29, 0.717) is 10.2 Å². The highest BCUT2D eigenvalue weighted by molar-refractivity contribution is 9.10. The van der Waals surface area contributed by atoms with Crippen molar-refractivity contribution in [3.8, 4) is 5.75 Å². The quantitative estimate of drug-likeness (QED) is 0.786. The summed E-state index contributed by atoms with van der Waals surface area (Å²) in [5.41, 5.74) is 0.828. The standard InChI is InChI=1S/C8H8BrNO3S/c1-5-6-3-2-4-7(9)8(6)13-14(11,12)10-5/h2-5,10H,1H3. The summed E-state index contributed by atoms with van der Waals surface area (Å²) in [5.74, 6) is 0.374. The van der Waals surface area contributed by atoms with E-state index in [1.54, 1.807) is 13.0 Å². The molecule has 4 nitrogen and oxygen atoms in total. The number of halogens is 1. The van der Waals surface area contributed by atoms with E-state index in [-0.39, 0.29) is 6.04 Å². The Morgan fingerprint density at radius 2 is 2.21 bits per heavy atom. The third kappa shape index (κ3) is 1.65. The molecule has 76 valence electrons. The van der Waals surface area contributed by atoms with Gasteiger partial charge in [-0.15, -0.1) is 0 Å². The molecule has 0 spiro atoms. The fourth-order valence-corrected chi connectivity index (χ4v) is 2.95. The molecule has 6 heteroatoms. The largest absolute Gasteiger partial charge is 0.383 e. The maximum atomic E-state index is 11.2. The van der Waals surface area contributed by atoms with Crippen LogP contribution in [0.1, 0.15) is 18.5 Å². The van der Waals surface area contributed by atoms with Crippen molar-refractivity contribution in [2.75, 3.05) is 0 Å². The molecule has 0 aliphatic carbocycles. The first-order chi connectivity index (χ1) is 6.49. The molecule has 1 heterocycles. The van der Waals surface area contributed by atoms with E-state index >= 15 is 0 Å². The monoisotopic (exact) mass is 277 g/mol. The molecular weight excluding hydrogens is 270 g/mol. The number of nitrogens with one attached hydrogen (secondary N) is 1. The van der Waals surface area contributed by atoms with E-state index in [0.717, 1.165) is 5.56 Å². The number of hydrogen-bond donors (Lipinski definition) is 1. The first-order valence-corrected chi connectivity index (χ1v) is 6.20. The Morgan fingerprint density at radius 3 is 2.93 bits per heavy atom. The molecule has 1 aliphatic heterocycles. The van der Waals surface area contributed by atoms with Crippen LogP contribution in [0.15, 0.2) is 22.7 Å². The minimum absolute atomic E-state index is 0.263. The van der Waals surface area contributed by atoms with Gasteiger partial charge in [0, 0.05) is 5.56 Å². The number of hydrogen-bond acceptors (Lipinski definition) is 3. The summed E-state index contributed by atoms with van der Waals surface area (Å²) in [6, 6.07) is 5.14. The van der Waals surface area contributed by atoms with Crippen molar-refractivity contribution in [1.29, 1.82) is 0 Å². The van der Waals surface area contributed by atoms with Gasteiger partial charge in [0.25, 0.3) is 0 Å². The van der Waals surface area contributed by atoms with E-state index < -0.39 is 10.3 Å². The lowest BCUT2D eigenvalue weighted by Gasteiger charge is -2.24. The predicted molar refractivity (Wildman–Crippen MR) is 55.2 cm³/mol. The average molecular weight is 278 g/mol. The highest BCUT2D eigenvalue weighted by atomic mass is 79.9. The number of rotatable bonds is 0. The molecule has 14 heavy (non-hydrogen) atoms. The third-order valence-corrected chi connectivity index (χ3v) is 3.63. The molecular formula is C8H8BrNO3S. The summed E-state index contributed by atoms with van der Waals surface area (Å²) in [4.78, 5) is 0. The summed E-state index contributed by atoms with van der Waals surface area (Å²) < 4.78 is 30.3. The highest BCUT2D eigenvalue weighted by Gasteiger charge is 2.28. The summed E-state index contributed by atoms with van der Waals surface area (Å²) in [5, 5.41) is 0. The van der Waals surface area contributed by atoms with Crippen molar-refractivity contribution in [3.05, 3.63) is 28.2 Å². The van der Waals surface area contributed by atoms with E-state index in [9.17, 15) is 8.42 Å². The molecule has 1 N–H and O–H groups in total. The topological polar surface area (TPSA) is 55.4 Å². The lowest BCUT2D eigenvalue weighted by Crippen LogP contribution is -2.35. The van der Waals surface area contributed by atoms with Crippen LogP contribution in [0.2, 0.25) is 0 Å². The highest BCUT2D eigenvalue weighted by Crippen LogP contribution is 2.36. The molecule has 1 unspecified atom stereocenters. The molecule has 0 aromatic heterocycles. The second-order valence-corrected chi connectivity index (χ2v) is 5.20. The number of fused-ring (bicyclic) bond motifs is 1. The second-order valence-electron chi connectivity index (χ2n) is 3.04. The van der Waals surface area contributed by atoms with Gasteiger partial charge >= 0.3 is 10.3 Å². The van der Waals surface area contributed by atoms with Crippen LogP contribution < -0.4 is 8.91 Å². The smallest absolute Gasteiger partial charge is 0.369 e. The van der Waals surface area contributed by atoms with Gasteiger partial charge in [0.15, 0.2) is 5.75 Å². The van der Waals surface area contributed by atoms with Crippen LogP contribution in [0, 0.1) is 0 Å². The maximum Gasteiger partial charge on any atom is 0.383 e. The van der Waals surface area contributed by atoms with Crippen molar-refractivity contribution in [2.24, 2.45) is 0 Å². The Labute approximate surface area is 90.7 Å². The lowest BCUT2D eigenvalue weighted by atomic mass is 10.1. The molecule has 1 aliphatic rings. The predicted octanol–water partition coefficient (Wildman–Crippen LogP) is 1.74. The molecule has 1 atom stereocenters. The second kappa shape index (κ2) is 3.22. The minimum Gasteiger partial charge on any atom is -0.369 e. The van der Waals surface area contributed by atoms with E-state index in [1.165, 1.54) is 0 Å². The minimum atomic E-state index is -3.65. The molecule has 0 radical (unpaired) electrons. The molecule has 0 saturated carbocycles. The van der Waals surface area contributed by atoms with Gasteiger partial charge in [-0.25, -0.2) is 0 Å². The van der Waals surface area contributed by atoms with Crippen molar-refractivity contribution in [1.82, 2.24) is 4.72 Å². The first kappa shape index (κ1) is 9.95. The van der Waals surface area contributed by atoms with Gasteiger partial charge in [-0.1, -0.05) is 12.1 Å². The van der Waals surface area contributed by atoms with Gasteiger partial charge in [-0.2, -0.15) is 13.1 Å². The fourth-order valence-electron chi connectivity index (χ4n) is 1.37. The zero-order valence-corrected chi connectivity index (χ0v) is 9.72.